The second-order valence-electron chi connectivity index (χ2n) is 9.37. The zero-order chi connectivity index (χ0) is 25.1. The number of benzene rings is 1. The number of carbonyl (C=O) groups is 3. The van der Waals surface area contributed by atoms with Crippen LogP contribution in [0.2, 0.25) is 0 Å². The second-order valence-corrected chi connectivity index (χ2v) is 10.5. The lowest BCUT2D eigenvalue weighted by atomic mass is 9.81. The van der Waals surface area contributed by atoms with Crippen molar-refractivity contribution in [3.8, 4) is 5.75 Å². The molecule has 190 valence electrons. The number of halogens is 1. The van der Waals surface area contributed by atoms with Crippen molar-refractivity contribution in [1.82, 2.24) is 10.0 Å². The molecule has 2 aliphatic heterocycles. The van der Waals surface area contributed by atoms with Gasteiger partial charge in [0.1, 0.15) is 12.2 Å². The van der Waals surface area contributed by atoms with Crippen molar-refractivity contribution in [2.24, 2.45) is 11.8 Å². The van der Waals surface area contributed by atoms with E-state index < -0.39 is 47.4 Å². The van der Waals surface area contributed by atoms with Crippen LogP contribution < -0.4 is 19.1 Å². The van der Waals surface area contributed by atoms with Gasteiger partial charge in [-0.3, -0.25) is 18.6 Å². The molecule has 0 bridgehead atoms. The smallest absolute Gasteiger partial charge is 0.349 e. The summed E-state index contributed by atoms with van der Waals surface area (Å²) < 4.78 is 41.7. The molecule has 11 heteroatoms. The van der Waals surface area contributed by atoms with Gasteiger partial charge in [-0.15, -0.1) is 0 Å². The first kappa shape index (κ1) is 25.3. The number of esters is 2. The third kappa shape index (κ3) is 5.90. The van der Waals surface area contributed by atoms with E-state index in [4.69, 9.17) is 9.47 Å². The Morgan fingerprint density at radius 2 is 2.03 bits per heavy atom. The van der Waals surface area contributed by atoms with E-state index in [1.807, 2.05) is 6.08 Å². The Labute approximate surface area is 206 Å². The summed E-state index contributed by atoms with van der Waals surface area (Å²) >= 11 is -2.03. The molecule has 1 saturated heterocycles. The average Bonchev–Trinajstić information content (AvgIpc) is 3.37. The Balaban J connectivity index is 1.56. The lowest BCUT2D eigenvalue weighted by Gasteiger charge is -2.26. The molecular formula is C24H30FN3O6S. The molecule has 2 atom stereocenters. The molecule has 2 fully saturated rings. The quantitative estimate of drug-likeness (QED) is 0.390. The fourth-order valence-corrected chi connectivity index (χ4v) is 5.20. The molecule has 1 amide bonds. The Kier molecular flexibility index (Phi) is 7.85. The van der Waals surface area contributed by atoms with Crippen molar-refractivity contribution in [2.45, 2.75) is 52.0 Å². The summed E-state index contributed by atoms with van der Waals surface area (Å²) in [5, 5.41) is 3.39. The summed E-state index contributed by atoms with van der Waals surface area (Å²) in [4.78, 5) is 35.7. The SMILES string of the molecule is CC(C)C(=O)OCC(=O)Oc1ccc(C2=C[C@@H](CCC3CCC3)NC2)c(F)c1N1CC(=O)NS1=O. The first-order valence-electron chi connectivity index (χ1n) is 11.9. The van der Waals surface area contributed by atoms with E-state index in [0.717, 1.165) is 28.6 Å². The van der Waals surface area contributed by atoms with Crippen LogP contribution in [-0.4, -0.2) is 47.8 Å². The zero-order valence-corrected chi connectivity index (χ0v) is 20.6. The Bertz CT molecular complexity index is 1070. The first-order chi connectivity index (χ1) is 16.7. The number of carbonyl (C=O) groups excluding carboxylic acids is 3. The van der Waals surface area contributed by atoms with Crippen molar-refractivity contribution in [2.75, 3.05) is 24.0 Å². The van der Waals surface area contributed by atoms with E-state index in [1.54, 1.807) is 13.8 Å². The van der Waals surface area contributed by atoms with Crippen LogP contribution in [0.4, 0.5) is 10.1 Å². The van der Waals surface area contributed by atoms with E-state index >= 15 is 4.39 Å². The van der Waals surface area contributed by atoms with E-state index in [-0.39, 0.29) is 29.6 Å². The first-order valence-corrected chi connectivity index (χ1v) is 13.0. The maximum Gasteiger partial charge on any atom is 0.349 e. The van der Waals surface area contributed by atoms with Crippen LogP contribution in [0.25, 0.3) is 5.57 Å². The lowest BCUT2D eigenvalue weighted by Crippen LogP contribution is -2.26. The molecule has 1 aromatic rings. The fraction of sp³-hybridized carbons (Fsp3) is 0.542. The van der Waals surface area contributed by atoms with Gasteiger partial charge in [0.05, 0.1) is 5.92 Å². The Morgan fingerprint density at radius 3 is 2.66 bits per heavy atom. The van der Waals surface area contributed by atoms with Gasteiger partial charge in [0.25, 0.3) is 5.91 Å². The number of rotatable bonds is 9. The average molecular weight is 508 g/mol. The van der Waals surface area contributed by atoms with Gasteiger partial charge < -0.3 is 14.8 Å². The highest BCUT2D eigenvalue weighted by molar-refractivity contribution is 7.85. The van der Waals surface area contributed by atoms with Crippen LogP contribution in [0.15, 0.2) is 18.2 Å². The standard InChI is InChI=1S/C24H30FN3O6S/c1-14(2)24(31)33-13-21(30)34-19-9-8-18(22(25)23(19)28-12-20(29)27-35(28)32)16-10-17(26-11-16)7-6-15-4-3-5-15/h8-10,14-15,17,26H,3-7,11-13H2,1-2H3,(H,27,29)/t17-,35?/m1/s1. The molecule has 1 saturated carbocycles. The third-order valence-corrected chi connectivity index (χ3v) is 7.57. The second kappa shape index (κ2) is 10.9. The Morgan fingerprint density at radius 1 is 1.26 bits per heavy atom. The summed E-state index contributed by atoms with van der Waals surface area (Å²) in [5.41, 5.74) is 0.762. The summed E-state index contributed by atoms with van der Waals surface area (Å²) in [7, 11) is 0. The molecule has 4 rings (SSSR count). The minimum Gasteiger partial charge on any atom is -0.453 e. The van der Waals surface area contributed by atoms with Crippen molar-refractivity contribution >= 4 is 40.3 Å². The minimum atomic E-state index is -2.03. The zero-order valence-electron chi connectivity index (χ0n) is 19.8. The molecule has 2 heterocycles. The largest absolute Gasteiger partial charge is 0.453 e. The van der Waals surface area contributed by atoms with E-state index in [2.05, 4.69) is 10.0 Å². The maximum atomic E-state index is 15.9. The monoisotopic (exact) mass is 507 g/mol. The molecule has 3 aliphatic rings. The van der Waals surface area contributed by atoms with Gasteiger partial charge in [-0.25, -0.2) is 13.4 Å². The van der Waals surface area contributed by atoms with Gasteiger partial charge in [-0.05, 0) is 36.5 Å². The summed E-state index contributed by atoms with van der Waals surface area (Å²) in [5.74, 6) is -2.65. The molecule has 0 aromatic heterocycles. The number of nitrogens with zero attached hydrogens (tertiary/aromatic N) is 1. The predicted octanol–water partition coefficient (Wildman–Crippen LogP) is 2.38. The maximum absolute atomic E-state index is 15.9. The fourth-order valence-electron chi connectivity index (χ4n) is 4.26. The predicted molar refractivity (Wildman–Crippen MR) is 128 cm³/mol. The van der Waals surface area contributed by atoms with Crippen LogP contribution in [-0.2, 0) is 30.3 Å². The van der Waals surface area contributed by atoms with Crippen LogP contribution in [0.3, 0.4) is 0 Å². The third-order valence-electron chi connectivity index (χ3n) is 6.46. The lowest BCUT2D eigenvalue weighted by molar-refractivity contribution is -0.156. The number of hydrogen-bond acceptors (Lipinski definition) is 7. The van der Waals surface area contributed by atoms with Gasteiger partial charge in [-0.1, -0.05) is 39.2 Å². The molecule has 0 radical (unpaired) electrons. The number of amides is 1. The number of ether oxygens (including phenoxy) is 2. The van der Waals surface area contributed by atoms with Crippen molar-refractivity contribution in [1.29, 1.82) is 0 Å². The van der Waals surface area contributed by atoms with Gasteiger partial charge in [0, 0.05) is 18.2 Å². The highest BCUT2D eigenvalue weighted by atomic mass is 32.2. The van der Waals surface area contributed by atoms with E-state index in [0.29, 0.717) is 6.54 Å². The van der Waals surface area contributed by atoms with Gasteiger partial charge in [0.2, 0.25) is 11.2 Å². The highest BCUT2D eigenvalue weighted by Gasteiger charge is 2.34. The summed E-state index contributed by atoms with van der Waals surface area (Å²) in [6.45, 7) is 2.70. The van der Waals surface area contributed by atoms with Crippen molar-refractivity contribution < 1.29 is 32.5 Å². The molecule has 2 N–H and O–H groups in total. The molecule has 35 heavy (non-hydrogen) atoms. The van der Waals surface area contributed by atoms with Crippen LogP contribution >= 0.6 is 0 Å². The van der Waals surface area contributed by atoms with Gasteiger partial charge in [-0.2, -0.15) is 0 Å². The normalized spacial score (nSPS) is 22.1. The van der Waals surface area contributed by atoms with Crippen LogP contribution in [0.5, 0.6) is 5.75 Å². The van der Waals surface area contributed by atoms with Gasteiger partial charge >= 0.3 is 11.9 Å². The van der Waals surface area contributed by atoms with Crippen molar-refractivity contribution in [3.05, 3.63) is 29.6 Å². The topological polar surface area (TPSA) is 114 Å². The van der Waals surface area contributed by atoms with Crippen molar-refractivity contribution in [3.63, 3.8) is 0 Å². The molecule has 0 spiro atoms. The molecule has 9 nitrogen and oxygen atoms in total. The number of anilines is 1. The minimum absolute atomic E-state index is 0.144. The summed E-state index contributed by atoms with van der Waals surface area (Å²) in [6, 6.07) is 3.04. The van der Waals surface area contributed by atoms with Crippen LogP contribution in [0.1, 0.15) is 51.5 Å². The molecule has 1 aromatic carbocycles. The highest BCUT2D eigenvalue weighted by Crippen LogP contribution is 2.39. The number of nitrogens with one attached hydrogen (secondary N) is 2. The van der Waals surface area contributed by atoms with Gasteiger partial charge in [0.15, 0.2) is 18.2 Å². The molecule has 1 unspecified atom stereocenters. The summed E-state index contributed by atoms with van der Waals surface area (Å²) in [6.07, 6.45) is 7.95. The van der Waals surface area contributed by atoms with Crippen LogP contribution in [0, 0.1) is 17.7 Å². The molecular weight excluding hydrogens is 477 g/mol. The Hall–Kier alpha value is -2.79. The number of hydrogen-bond donors (Lipinski definition) is 2. The van der Waals surface area contributed by atoms with E-state index in [1.165, 1.54) is 31.4 Å². The van der Waals surface area contributed by atoms with E-state index in [9.17, 15) is 18.6 Å². The molecule has 1 aliphatic carbocycles.